The zero-order valence-electron chi connectivity index (χ0n) is 10.1. The number of amides is 1. The van der Waals surface area contributed by atoms with Gasteiger partial charge in [-0.25, -0.2) is 4.98 Å². The van der Waals surface area contributed by atoms with Crippen LogP contribution >= 0.6 is 11.6 Å². The smallest absolute Gasteiger partial charge is 0.272 e. The van der Waals surface area contributed by atoms with Crippen molar-refractivity contribution >= 4 is 17.5 Å². The van der Waals surface area contributed by atoms with Gasteiger partial charge in [0.05, 0.1) is 0 Å². The standard InChI is InChI=1S/C12H16ClN3O/c1-9-8-16(7-6-15(9)2)12(17)10-4-3-5-11(13)14-10/h3-5,9H,6-8H2,1-2H3. The minimum Gasteiger partial charge on any atom is -0.334 e. The van der Waals surface area contributed by atoms with Gasteiger partial charge in [0, 0.05) is 25.7 Å². The molecule has 1 saturated heterocycles. The Morgan fingerprint density at radius 2 is 2.24 bits per heavy atom. The van der Waals surface area contributed by atoms with Crippen molar-refractivity contribution in [2.24, 2.45) is 0 Å². The summed E-state index contributed by atoms with van der Waals surface area (Å²) in [7, 11) is 2.07. The minimum atomic E-state index is -0.0348. The van der Waals surface area contributed by atoms with Crippen molar-refractivity contribution in [1.29, 1.82) is 0 Å². The Morgan fingerprint density at radius 1 is 1.47 bits per heavy atom. The molecule has 0 aromatic carbocycles. The molecule has 1 aliphatic heterocycles. The highest BCUT2D eigenvalue weighted by molar-refractivity contribution is 6.29. The molecule has 0 bridgehead atoms. The van der Waals surface area contributed by atoms with Gasteiger partial charge in [-0.05, 0) is 26.1 Å². The van der Waals surface area contributed by atoms with Crippen LogP contribution in [0.2, 0.25) is 5.15 Å². The first kappa shape index (κ1) is 12.3. The highest BCUT2D eigenvalue weighted by Crippen LogP contribution is 2.12. The van der Waals surface area contributed by atoms with E-state index in [4.69, 9.17) is 11.6 Å². The molecular weight excluding hydrogens is 238 g/mol. The summed E-state index contributed by atoms with van der Waals surface area (Å²) in [6, 6.07) is 5.51. The first-order chi connectivity index (χ1) is 8.08. The lowest BCUT2D eigenvalue weighted by Gasteiger charge is -2.37. The summed E-state index contributed by atoms with van der Waals surface area (Å²) in [4.78, 5) is 20.3. The van der Waals surface area contributed by atoms with Gasteiger partial charge >= 0.3 is 0 Å². The van der Waals surface area contributed by atoms with E-state index in [1.54, 1.807) is 18.2 Å². The fourth-order valence-corrected chi connectivity index (χ4v) is 2.09. The van der Waals surface area contributed by atoms with Crippen LogP contribution in [0.4, 0.5) is 0 Å². The molecule has 4 nitrogen and oxygen atoms in total. The van der Waals surface area contributed by atoms with Gasteiger partial charge in [-0.15, -0.1) is 0 Å². The van der Waals surface area contributed by atoms with Crippen molar-refractivity contribution in [1.82, 2.24) is 14.8 Å². The molecule has 2 rings (SSSR count). The summed E-state index contributed by atoms with van der Waals surface area (Å²) in [5, 5.41) is 0.359. The third-order valence-corrected chi connectivity index (χ3v) is 3.39. The highest BCUT2D eigenvalue weighted by atomic mass is 35.5. The average Bonchev–Trinajstić information content (AvgIpc) is 2.32. The Hall–Kier alpha value is -1.13. The Bertz CT molecular complexity index is 424. The molecule has 1 aromatic heterocycles. The first-order valence-corrected chi connectivity index (χ1v) is 6.08. The molecule has 1 aromatic rings. The molecular formula is C12H16ClN3O. The summed E-state index contributed by atoms with van der Waals surface area (Å²) in [6.07, 6.45) is 0. The van der Waals surface area contributed by atoms with Crippen molar-refractivity contribution in [3.05, 3.63) is 29.0 Å². The highest BCUT2D eigenvalue weighted by Gasteiger charge is 2.25. The van der Waals surface area contributed by atoms with Gasteiger partial charge in [0.25, 0.3) is 5.91 Å². The number of carbonyl (C=O) groups is 1. The number of likely N-dealkylation sites (N-methyl/N-ethyl adjacent to an activating group) is 1. The molecule has 17 heavy (non-hydrogen) atoms. The maximum Gasteiger partial charge on any atom is 0.272 e. The van der Waals surface area contributed by atoms with E-state index >= 15 is 0 Å². The van der Waals surface area contributed by atoms with Gasteiger partial charge in [0.1, 0.15) is 10.8 Å². The molecule has 1 atom stereocenters. The van der Waals surface area contributed by atoms with E-state index in [-0.39, 0.29) is 5.91 Å². The summed E-state index contributed by atoms with van der Waals surface area (Å²) in [5.41, 5.74) is 0.425. The van der Waals surface area contributed by atoms with Crippen molar-refractivity contribution in [3.8, 4) is 0 Å². The van der Waals surface area contributed by atoms with Crippen LogP contribution in [0.5, 0.6) is 0 Å². The average molecular weight is 254 g/mol. The molecule has 1 fully saturated rings. The van der Waals surface area contributed by atoms with E-state index in [0.29, 0.717) is 16.9 Å². The number of pyridine rings is 1. The number of piperazine rings is 1. The molecule has 2 heterocycles. The van der Waals surface area contributed by atoms with Crippen LogP contribution in [0.1, 0.15) is 17.4 Å². The Kier molecular flexibility index (Phi) is 3.64. The normalized spacial score (nSPS) is 21.6. The lowest BCUT2D eigenvalue weighted by molar-refractivity contribution is 0.0567. The monoisotopic (exact) mass is 253 g/mol. The molecule has 1 amide bonds. The zero-order chi connectivity index (χ0) is 12.4. The predicted molar refractivity (Wildman–Crippen MR) is 67.2 cm³/mol. The third-order valence-electron chi connectivity index (χ3n) is 3.18. The molecule has 1 unspecified atom stereocenters. The minimum absolute atomic E-state index is 0.0348. The second kappa shape index (κ2) is 5.02. The molecule has 5 heteroatoms. The number of hydrogen-bond acceptors (Lipinski definition) is 3. The molecule has 0 N–H and O–H groups in total. The summed E-state index contributed by atoms with van der Waals surface area (Å²) in [6.45, 7) is 4.50. The van der Waals surface area contributed by atoms with E-state index in [9.17, 15) is 4.79 Å². The van der Waals surface area contributed by atoms with Crippen molar-refractivity contribution < 1.29 is 4.79 Å². The van der Waals surface area contributed by atoms with E-state index in [1.807, 2.05) is 4.90 Å². The molecule has 0 aliphatic carbocycles. The molecule has 92 valence electrons. The lowest BCUT2D eigenvalue weighted by atomic mass is 10.2. The van der Waals surface area contributed by atoms with Gasteiger partial charge in [-0.2, -0.15) is 0 Å². The Labute approximate surface area is 106 Å². The topological polar surface area (TPSA) is 36.4 Å². The lowest BCUT2D eigenvalue weighted by Crippen LogP contribution is -2.52. The Balaban J connectivity index is 2.10. The van der Waals surface area contributed by atoms with Gasteiger partial charge < -0.3 is 9.80 Å². The van der Waals surface area contributed by atoms with Crippen LogP contribution in [0, 0.1) is 0 Å². The van der Waals surface area contributed by atoms with Crippen LogP contribution in [-0.4, -0.2) is 53.4 Å². The molecule has 0 radical (unpaired) electrons. The van der Waals surface area contributed by atoms with Crippen molar-refractivity contribution in [2.75, 3.05) is 26.7 Å². The first-order valence-electron chi connectivity index (χ1n) is 5.70. The van der Waals surface area contributed by atoms with Crippen LogP contribution in [0.25, 0.3) is 0 Å². The second-order valence-electron chi connectivity index (χ2n) is 4.43. The third kappa shape index (κ3) is 2.76. The SMILES string of the molecule is CC1CN(C(=O)c2cccc(Cl)n2)CCN1C. The maximum absolute atomic E-state index is 12.2. The summed E-state index contributed by atoms with van der Waals surface area (Å²) < 4.78 is 0. The second-order valence-corrected chi connectivity index (χ2v) is 4.81. The van der Waals surface area contributed by atoms with Crippen LogP contribution in [0.15, 0.2) is 18.2 Å². The molecule has 1 aliphatic rings. The van der Waals surface area contributed by atoms with Crippen LogP contribution in [0.3, 0.4) is 0 Å². The summed E-state index contributed by atoms with van der Waals surface area (Å²) in [5.74, 6) is -0.0348. The van der Waals surface area contributed by atoms with Crippen LogP contribution in [-0.2, 0) is 0 Å². The van der Waals surface area contributed by atoms with E-state index in [1.165, 1.54) is 0 Å². The fourth-order valence-electron chi connectivity index (χ4n) is 1.92. The van der Waals surface area contributed by atoms with Crippen LogP contribution < -0.4 is 0 Å². The molecule has 0 spiro atoms. The quantitative estimate of drug-likeness (QED) is 0.712. The van der Waals surface area contributed by atoms with Crippen molar-refractivity contribution in [3.63, 3.8) is 0 Å². The predicted octanol–water partition coefficient (Wildman–Crippen LogP) is 1.51. The van der Waals surface area contributed by atoms with Gasteiger partial charge in [0.2, 0.25) is 0 Å². The number of rotatable bonds is 1. The number of carbonyl (C=O) groups excluding carboxylic acids is 1. The number of hydrogen-bond donors (Lipinski definition) is 0. The summed E-state index contributed by atoms with van der Waals surface area (Å²) >= 11 is 5.79. The number of halogens is 1. The van der Waals surface area contributed by atoms with E-state index < -0.39 is 0 Å². The molecule has 0 saturated carbocycles. The van der Waals surface area contributed by atoms with Gasteiger partial charge in [0.15, 0.2) is 0 Å². The van der Waals surface area contributed by atoms with E-state index in [0.717, 1.165) is 19.6 Å². The van der Waals surface area contributed by atoms with E-state index in [2.05, 4.69) is 23.9 Å². The van der Waals surface area contributed by atoms with Gasteiger partial charge in [-0.3, -0.25) is 4.79 Å². The number of aromatic nitrogens is 1. The van der Waals surface area contributed by atoms with Crippen molar-refractivity contribution in [2.45, 2.75) is 13.0 Å². The number of nitrogens with zero attached hydrogens (tertiary/aromatic N) is 3. The largest absolute Gasteiger partial charge is 0.334 e. The Morgan fingerprint density at radius 3 is 2.88 bits per heavy atom. The van der Waals surface area contributed by atoms with Gasteiger partial charge in [-0.1, -0.05) is 17.7 Å². The maximum atomic E-state index is 12.2. The fraction of sp³-hybridized carbons (Fsp3) is 0.500. The zero-order valence-corrected chi connectivity index (χ0v) is 10.8.